The predicted octanol–water partition coefficient (Wildman–Crippen LogP) is 2.92. The lowest BCUT2D eigenvalue weighted by atomic mass is 10.1. The van der Waals surface area contributed by atoms with Crippen molar-refractivity contribution in [2.45, 2.75) is 44.6 Å². The molecule has 0 aliphatic heterocycles. The minimum atomic E-state index is -0.524. The summed E-state index contributed by atoms with van der Waals surface area (Å²) in [7, 11) is 0. The summed E-state index contributed by atoms with van der Waals surface area (Å²) in [5, 5.41) is 17.7. The van der Waals surface area contributed by atoms with E-state index in [0.717, 1.165) is 36.6 Å². The topological polar surface area (TPSA) is 67.2 Å². The maximum absolute atomic E-state index is 12.5. The third kappa shape index (κ3) is 3.22. The number of benzene rings is 1. The second-order valence-corrected chi connectivity index (χ2v) is 7.01. The summed E-state index contributed by atoms with van der Waals surface area (Å²) in [5.41, 5.74) is 1.95. The van der Waals surface area contributed by atoms with Crippen molar-refractivity contribution in [2.24, 2.45) is 11.8 Å². The maximum Gasteiger partial charge on any atom is 0.231 e. The molecule has 2 aliphatic carbocycles. The summed E-state index contributed by atoms with van der Waals surface area (Å²) in [6, 6.07) is 11.8. The van der Waals surface area contributed by atoms with E-state index in [4.69, 9.17) is 5.10 Å². The first-order chi connectivity index (χ1) is 11.7. The van der Waals surface area contributed by atoms with Crippen LogP contribution in [0.15, 0.2) is 36.4 Å². The van der Waals surface area contributed by atoms with Crippen molar-refractivity contribution >= 4 is 11.7 Å². The summed E-state index contributed by atoms with van der Waals surface area (Å²) < 4.78 is 1.80. The standard InChI is InChI=1S/C19H23N3O2/c23-17-8-4-7-16(17)19(24)20-18-12-14(11-13-9-10-13)21-22(18)15-5-2-1-3-6-15/h1-3,5-6,12-13,16-17,23H,4,7-11H2,(H,20,24). The largest absolute Gasteiger partial charge is 0.392 e. The fourth-order valence-corrected chi connectivity index (χ4v) is 3.47. The van der Waals surface area contributed by atoms with Crippen LogP contribution < -0.4 is 5.32 Å². The van der Waals surface area contributed by atoms with Gasteiger partial charge in [-0.3, -0.25) is 4.79 Å². The first-order valence-electron chi connectivity index (χ1n) is 8.84. The van der Waals surface area contributed by atoms with E-state index in [1.165, 1.54) is 12.8 Å². The van der Waals surface area contributed by atoms with Gasteiger partial charge in [-0.1, -0.05) is 18.2 Å². The Kier molecular flexibility index (Phi) is 4.10. The van der Waals surface area contributed by atoms with Crippen LogP contribution in [-0.2, 0) is 11.2 Å². The summed E-state index contributed by atoms with van der Waals surface area (Å²) in [6.45, 7) is 0. The van der Waals surface area contributed by atoms with E-state index in [1.807, 2.05) is 36.4 Å². The van der Waals surface area contributed by atoms with Crippen molar-refractivity contribution < 1.29 is 9.90 Å². The van der Waals surface area contributed by atoms with E-state index in [-0.39, 0.29) is 11.8 Å². The first-order valence-corrected chi connectivity index (χ1v) is 8.84. The van der Waals surface area contributed by atoms with E-state index in [0.29, 0.717) is 12.2 Å². The van der Waals surface area contributed by atoms with E-state index in [9.17, 15) is 9.90 Å². The number of para-hydroxylation sites is 1. The average molecular weight is 325 g/mol. The molecule has 2 atom stereocenters. The van der Waals surface area contributed by atoms with Crippen LogP contribution in [0.25, 0.3) is 5.69 Å². The Balaban J connectivity index is 1.60. The predicted molar refractivity (Wildman–Crippen MR) is 92.0 cm³/mol. The normalized spacial score (nSPS) is 23.4. The Bertz CT molecular complexity index is 721. The van der Waals surface area contributed by atoms with Gasteiger partial charge in [0.15, 0.2) is 0 Å². The van der Waals surface area contributed by atoms with Gasteiger partial charge in [-0.25, -0.2) is 4.68 Å². The quantitative estimate of drug-likeness (QED) is 0.888. The van der Waals surface area contributed by atoms with Gasteiger partial charge in [-0.05, 0) is 56.6 Å². The zero-order valence-electron chi connectivity index (χ0n) is 13.7. The van der Waals surface area contributed by atoms with Crippen LogP contribution >= 0.6 is 0 Å². The Hall–Kier alpha value is -2.14. The van der Waals surface area contributed by atoms with E-state index >= 15 is 0 Å². The fraction of sp³-hybridized carbons (Fsp3) is 0.474. The fourth-order valence-electron chi connectivity index (χ4n) is 3.47. The molecule has 2 unspecified atom stereocenters. The Labute approximate surface area is 141 Å². The number of anilines is 1. The zero-order chi connectivity index (χ0) is 16.5. The van der Waals surface area contributed by atoms with Crippen molar-refractivity contribution in [3.63, 3.8) is 0 Å². The average Bonchev–Trinajstić information content (AvgIpc) is 3.15. The highest BCUT2D eigenvalue weighted by Gasteiger charge is 2.32. The van der Waals surface area contributed by atoms with Crippen molar-refractivity contribution in [3.05, 3.63) is 42.1 Å². The van der Waals surface area contributed by atoms with Crippen LogP contribution in [-0.4, -0.2) is 26.9 Å². The highest BCUT2D eigenvalue weighted by molar-refractivity contribution is 5.92. The molecular formula is C19H23N3O2. The third-order valence-corrected chi connectivity index (χ3v) is 5.02. The molecule has 0 bridgehead atoms. The molecule has 5 heteroatoms. The molecular weight excluding hydrogens is 302 g/mol. The number of hydrogen-bond donors (Lipinski definition) is 2. The van der Waals surface area contributed by atoms with Gasteiger partial charge in [0.05, 0.1) is 23.4 Å². The molecule has 1 amide bonds. The molecule has 2 N–H and O–H groups in total. The minimum absolute atomic E-state index is 0.102. The number of rotatable bonds is 5. The molecule has 4 rings (SSSR count). The van der Waals surface area contributed by atoms with E-state index in [1.54, 1.807) is 4.68 Å². The molecule has 2 aliphatic rings. The molecule has 24 heavy (non-hydrogen) atoms. The molecule has 2 fully saturated rings. The zero-order valence-corrected chi connectivity index (χ0v) is 13.7. The highest BCUT2D eigenvalue weighted by Crippen LogP contribution is 2.33. The summed E-state index contributed by atoms with van der Waals surface area (Å²) in [5.74, 6) is 1.02. The lowest BCUT2D eigenvalue weighted by Gasteiger charge is -2.15. The molecule has 1 heterocycles. The van der Waals surface area contributed by atoms with Gasteiger partial charge in [0, 0.05) is 6.07 Å². The van der Waals surface area contributed by atoms with Crippen LogP contribution in [0.2, 0.25) is 0 Å². The van der Waals surface area contributed by atoms with Crippen LogP contribution in [0.5, 0.6) is 0 Å². The van der Waals surface area contributed by atoms with Gasteiger partial charge < -0.3 is 10.4 Å². The summed E-state index contributed by atoms with van der Waals surface area (Å²) in [6.07, 6.45) is 5.36. The molecule has 2 saturated carbocycles. The molecule has 0 spiro atoms. The van der Waals surface area contributed by atoms with Gasteiger partial charge in [0.1, 0.15) is 5.82 Å². The number of nitrogens with one attached hydrogen (secondary N) is 1. The number of amides is 1. The SMILES string of the molecule is O=C(Nc1cc(CC2CC2)nn1-c1ccccc1)C1CCCC1O. The number of carbonyl (C=O) groups is 1. The second kappa shape index (κ2) is 6.40. The van der Waals surface area contributed by atoms with Crippen LogP contribution in [0.3, 0.4) is 0 Å². The smallest absolute Gasteiger partial charge is 0.231 e. The third-order valence-electron chi connectivity index (χ3n) is 5.02. The monoisotopic (exact) mass is 325 g/mol. The van der Waals surface area contributed by atoms with Gasteiger partial charge in [-0.2, -0.15) is 5.10 Å². The van der Waals surface area contributed by atoms with Crippen LogP contribution in [0.1, 0.15) is 37.8 Å². The van der Waals surface area contributed by atoms with Gasteiger partial charge in [0.25, 0.3) is 0 Å². The lowest BCUT2D eigenvalue weighted by Crippen LogP contribution is -2.29. The highest BCUT2D eigenvalue weighted by atomic mass is 16.3. The minimum Gasteiger partial charge on any atom is -0.392 e. The summed E-state index contributed by atoms with van der Waals surface area (Å²) >= 11 is 0. The van der Waals surface area contributed by atoms with Gasteiger partial charge in [0.2, 0.25) is 5.91 Å². The van der Waals surface area contributed by atoms with Gasteiger partial charge in [-0.15, -0.1) is 0 Å². The molecule has 5 nitrogen and oxygen atoms in total. The van der Waals surface area contributed by atoms with E-state index < -0.39 is 6.10 Å². The molecule has 2 aromatic rings. The molecule has 1 aromatic heterocycles. The van der Waals surface area contributed by atoms with Crippen molar-refractivity contribution in [3.8, 4) is 5.69 Å². The van der Waals surface area contributed by atoms with Crippen molar-refractivity contribution in [2.75, 3.05) is 5.32 Å². The van der Waals surface area contributed by atoms with Gasteiger partial charge >= 0.3 is 0 Å². The Morgan fingerprint density at radius 2 is 2.00 bits per heavy atom. The number of aliphatic hydroxyl groups excluding tert-OH is 1. The number of carbonyl (C=O) groups excluding carboxylic acids is 1. The maximum atomic E-state index is 12.5. The number of nitrogens with zero attached hydrogens (tertiary/aromatic N) is 2. The lowest BCUT2D eigenvalue weighted by molar-refractivity contribution is -0.122. The van der Waals surface area contributed by atoms with Crippen molar-refractivity contribution in [1.82, 2.24) is 9.78 Å². The Morgan fingerprint density at radius 1 is 1.21 bits per heavy atom. The number of aromatic nitrogens is 2. The Morgan fingerprint density at radius 3 is 2.67 bits per heavy atom. The number of hydrogen-bond acceptors (Lipinski definition) is 3. The number of aliphatic hydroxyl groups is 1. The summed E-state index contributed by atoms with van der Waals surface area (Å²) in [4.78, 5) is 12.5. The van der Waals surface area contributed by atoms with Crippen LogP contribution in [0.4, 0.5) is 5.82 Å². The van der Waals surface area contributed by atoms with Crippen LogP contribution in [0, 0.1) is 11.8 Å². The molecule has 0 radical (unpaired) electrons. The first kappa shape index (κ1) is 15.4. The molecule has 1 aromatic carbocycles. The van der Waals surface area contributed by atoms with Crippen molar-refractivity contribution in [1.29, 1.82) is 0 Å². The second-order valence-electron chi connectivity index (χ2n) is 7.01. The van der Waals surface area contributed by atoms with E-state index in [2.05, 4.69) is 5.32 Å². The molecule has 126 valence electrons. The molecule has 0 saturated heterocycles.